The first kappa shape index (κ1) is 18.6. The van der Waals surface area contributed by atoms with Crippen molar-refractivity contribution in [1.29, 1.82) is 0 Å². The Morgan fingerprint density at radius 2 is 2.04 bits per heavy atom. The minimum atomic E-state index is -1.10. The van der Waals surface area contributed by atoms with E-state index in [1.54, 1.807) is 24.9 Å². The third-order valence-corrected chi connectivity index (χ3v) is 3.90. The molecule has 1 aliphatic heterocycles. The van der Waals surface area contributed by atoms with Gasteiger partial charge in [0.15, 0.2) is 18.1 Å². The highest BCUT2D eigenvalue weighted by Crippen LogP contribution is 2.30. The van der Waals surface area contributed by atoms with Crippen molar-refractivity contribution in [2.45, 2.75) is 25.8 Å². The number of carbonyl (C=O) groups excluding carboxylic acids is 2. The summed E-state index contributed by atoms with van der Waals surface area (Å²) >= 11 is 0. The number of likely N-dealkylation sites (tertiary alicyclic amines) is 1. The number of nitrogens with zero attached hydrogens (tertiary/aromatic N) is 1. The second-order valence-electron chi connectivity index (χ2n) is 5.55. The molecule has 0 aliphatic carbocycles. The fraction of sp³-hybridized carbons (Fsp3) is 0.471. The highest BCUT2D eigenvalue weighted by atomic mass is 16.5. The van der Waals surface area contributed by atoms with Crippen molar-refractivity contribution in [3.63, 3.8) is 0 Å². The second kappa shape index (κ2) is 8.36. The molecule has 1 heterocycles. The minimum absolute atomic E-state index is 0.183. The van der Waals surface area contributed by atoms with Crippen molar-refractivity contribution in [3.05, 3.63) is 23.8 Å². The smallest absolute Gasteiger partial charge is 0.341 e. The highest BCUT2D eigenvalue weighted by molar-refractivity contribution is 5.98. The van der Waals surface area contributed by atoms with Gasteiger partial charge in [0.2, 0.25) is 5.91 Å². The van der Waals surface area contributed by atoms with Gasteiger partial charge in [-0.25, -0.2) is 4.79 Å². The number of amides is 2. The summed E-state index contributed by atoms with van der Waals surface area (Å²) < 4.78 is 10.6. The average molecular weight is 350 g/mol. The summed E-state index contributed by atoms with van der Waals surface area (Å²) in [5, 5.41) is 11.3. The van der Waals surface area contributed by atoms with Crippen LogP contribution in [-0.4, -0.2) is 60.6 Å². The number of hydrogen-bond donors (Lipinski definition) is 2. The summed E-state index contributed by atoms with van der Waals surface area (Å²) in [5.74, 6) is -1.00. The van der Waals surface area contributed by atoms with E-state index in [4.69, 9.17) is 14.6 Å². The number of ether oxygens (including phenoxy) is 2. The summed E-state index contributed by atoms with van der Waals surface area (Å²) in [6.07, 6.45) is 1.39. The second-order valence-corrected chi connectivity index (χ2v) is 5.55. The maximum absolute atomic E-state index is 12.8. The van der Waals surface area contributed by atoms with Crippen LogP contribution in [0.25, 0.3) is 0 Å². The Bertz CT molecular complexity index is 661. The summed E-state index contributed by atoms with van der Waals surface area (Å²) in [6.45, 7) is 2.12. The average Bonchev–Trinajstić information content (AvgIpc) is 3.09. The molecule has 1 atom stereocenters. The summed E-state index contributed by atoms with van der Waals surface area (Å²) in [7, 11) is 1.55. The lowest BCUT2D eigenvalue weighted by atomic mass is 10.1. The van der Waals surface area contributed by atoms with Crippen LogP contribution >= 0.6 is 0 Å². The molecule has 8 heteroatoms. The lowest BCUT2D eigenvalue weighted by Crippen LogP contribution is -2.44. The van der Waals surface area contributed by atoms with E-state index in [1.165, 1.54) is 12.1 Å². The zero-order chi connectivity index (χ0) is 18.4. The van der Waals surface area contributed by atoms with E-state index >= 15 is 0 Å². The van der Waals surface area contributed by atoms with E-state index in [0.29, 0.717) is 30.9 Å². The number of rotatable bonds is 7. The van der Waals surface area contributed by atoms with E-state index < -0.39 is 18.6 Å². The quantitative estimate of drug-likeness (QED) is 0.757. The summed E-state index contributed by atoms with van der Waals surface area (Å²) in [6, 6.07) is 4.09. The number of carboxylic acid groups (broad SMARTS) is 1. The van der Waals surface area contributed by atoms with Crippen LogP contribution in [0.3, 0.4) is 0 Å². The number of aliphatic carboxylic acids is 1. The van der Waals surface area contributed by atoms with Crippen molar-refractivity contribution >= 4 is 17.8 Å². The molecule has 0 unspecified atom stereocenters. The highest BCUT2D eigenvalue weighted by Gasteiger charge is 2.34. The van der Waals surface area contributed by atoms with E-state index in [9.17, 15) is 14.4 Å². The van der Waals surface area contributed by atoms with Gasteiger partial charge in [-0.15, -0.1) is 0 Å². The number of carbonyl (C=O) groups is 3. The molecule has 1 aromatic rings. The number of carboxylic acids is 1. The topological polar surface area (TPSA) is 105 Å². The van der Waals surface area contributed by atoms with Gasteiger partial charge in [-0.2, -0.15) is 0 Å². The molecule has 136 valence electrons. The Morgan fingerprint density at radius 3 is 2.68 bits per heavy atom. The molecule has 0 bridgehead atoms. The zero-order valence-corrected chi connectivity index (χ0v) is 14.3. The molecular formula is C17H22N2O6. The van der Waals surface area contributed by atoms with Gasteiger partial charge in [-0.3, -0.25) is 9.59 Å². The minimum Gasteiger partial charge on any atom is -0.490 e. The van der Waals surface area contributed by atoms with Crippen LogP contribution in [0.5, 0.6) is 11.5 Å². The van der Waals surface area contributed by atoms with Gasteiger partial charge < -0.3 is 24.8 Å². The van der Waals surface area contributed by atoms with E-state index in [0.717, 1.165) is 6.42 Å². The maximum atomic E-state index is 12.8. The van der Waals surface area contributed by atoms with Gasteiger partial charge in [-0.1, -0.05) is 0 Å². The van der Waals surface area contributed by atoms with Crippen LogP contribution in [0.15, 0.2) is 18.2 Å². The molecular weight excluding hydrogens is 328 g/mol. The zero-order valence-electron chi connectivity index (χ0n) is 14.3. The molecule has 1 aromatic carbocycles. The van der Waals surface area contributed by atoms with Gasteiger partial charge in [-0.05, 0) is 38.0 Å². The van der Waals surface area contributed by atoms with Crippen molar-refractivity contribution in [2.24, 2.45) is 0 Å². The monoisotopic (exact) mass is 350 g/mol. The van der Waals surface area contributed by atoms with Crippen LogP contribution < -0.4 is 14.8 Å². The van der Waals surface area contributed by atoms with Gasteiger partial charge in [0, 0.05) is 19.2 Å². The largest absolute Gasteiger partial charge is 0.490 e. The molecule has 0 spiro atoms. The first-order valence-corrected chi connectivity index (χ1v) is 8.12. The lowest BCUT2D eigenvalue weighted by molar-refractivity contribution is -0.139. The molecule has 0 aromatic heterocycles. The van der Waals surface area contributed by atoms with Gasteiger partial charge in [0.05, 0.1) is 6.61 Å². The van der Waals surface area contributed by atoms with Crippen LogP contribution in [0, 0.1) is 0 Å². The summed E-state index contributed by atoms with van der Waals surface area (Å²) in [5.41, 5.74) is 0.363. The van der Waals surface area contributed by atoms with Crippen molar-refractivity contribution in [1.82, 2.24) is 10.2 Å². The Labute approximate surface area is 145 Å². The molecule has 8 nitrogen and oxygen atoms in total. The lowest BCUT2D eigenvalue weighted by Gasteiger charge is -2.23. The number of likely N-dealkylation sites (N-methyl/N-ethyl adjacent to an activating group) is 1. The van der Waals surface area contributed by atoms with Crippen LogP contribution in [0.1, 0.15) is 30.1 Å². The van der Waals surface area contributed by atoms with Crippen molar-refractivity contribution in [3.8, 4) is 11.5 Å². The molecule has 2 N–H and O–H groups in total. The van der Waals surface area contributed by atoms with E-state index in [2.05, 4.69) is 5.32 Å². The molecule has 2 amide bonds. The molecule has 1 saturated heterocycles. The predicted octanol–water partition coefficient (Wildman–Crippen LogP) is 0.899. The van der Waals surface area contributed by atoms with Crippen LogP contribution in [-0.2, 0) is 9.59 Å². The molecule has 2 rings (SSSR count). The van der Waals surface area contributed by atoms with E-state index in [-0.39, 0.29) is 17.6 Å². The molecule has 0 saturated carbocycles. The SMILES string of the molecule is CCOc1cc(C(=O)N2CCC[C@@H]2C(=O)NC)ccc1OCC(=O)O. The standard InChI is InChI=1S/C17H22N2O6/c1-3-24-14-9-11(6-7-13(14)25-10-15(20)21)17(23)19-8-4-5-12(19)16(22)18-2/h6-7,9,12H,3-5,8,10H2,1-2H3,(H,18,22)(H,20,21)/t12-/m1/s1. The van der Waals surface area contributed by atoms with Crippen molar-refractivity contribution in [2.75, 3.05) is 26.8 Å². The van der Waals surface area contributed by atoms with Gasteiger partial charge in [0.25, 0.3) is 5.91 Å². The Balaban J connectivity index is 2.23. The number of nitrogens with one attached hydrogen (secondary N) is 1. The van der Waals surface area contributed by atoms with E-state index in [1.807, 2.05) is 0 Å². The first-order valence-electron chi connectivity index (χ1n) is 8.12. The van der Waals surface area contributed by atoms with Crippen LogP contribution in [0.2, 0.25) is 0 Å². The number of benzene rings is 1. The fourth-order valence-electron chi connectivity index (χ4n) is 2.78. The third-order valence-electron chi connectivity index (χ3n) is 3.90. The van der Waals surface area contributed by atoms with Gasteiger partial charge in [0.1, 0.15) is 6.04 Å². The van der Waals surface area contributed by atoms with Crippen molar-refractivity contribution < 1.29 is 29.0 Å². The molecule has 0 radical (unpaired) electrons. The molecule has 1 fully saturated rings. The fourth-order valence-corrected chi connectivity index (χ4v) is 2.78. The predicted molar refractivity (Wildman–Crippen MR) is 88.9 cm³/mol. The maximum Gasteiger partial charge on any atom is 0.341 e. The molecule has 1 aliphatic rings. The summed E-state index contributed by atoms with van der Waals surface area (Å²) in [4.78, 5) is 36.9. The van der Waals surface area contributed by atoms with Gasteiger partial charge >= 0.3 is 5.97 Å². The first-order chi connectivity index (χ1) is 12.0. The van der Waals surface area contributed by atoms with Crippen LogP contribution in [0.4, 0.5) is 0 Å². The Hall–Kier alpha value is -2.77. The third kappa shape index (κ3) is 4.40. The number of hydrogen-bond acceptors (Lipinski definition) is 5. The Morgan fingerprint density at radius 1 is 1.28 bits per heavy atom. The molecule has 25 heavy (non-hydrogen) atoms. The Kier molecular flexibility index (Phi) is 6.21. The normalized spacial score (nSPS) is 16.4.